The molecule has 0 saturated carbocycles. The van der Waals surface area contributed by atoms with Gasteiger partial charge in [-0.1, -0.05) is 75.6 Å². The molecule has 41 heavy (non-hydrogen) atoms. The second-order valence-electron chi connectivity index (χ2n) is 11.1. The number of benzene rings is 3. The standard InChI is InChI=1S/C36H41NO4/c1-5-7-9-10-24-37(34(38)31-22-23-33-32(25-31)35(39)41-36(3,4)40-33)26-30-20-18-29(19-21-30)17-16-28-14-12-27(13-15-28)11-8-6-2/h12-15,18-23,25H,5-11,24,26H2,1-4H3. The quantitative estimate of drug-likeness (QED) is 0.138. The summed E-state index contributed by atoms with van der Waals surface area (Å²) in [4.78, 5) is 28.1. The van der Waals surface area contributed by atoms with Crippen LogP contribution in [-0.2, 0) is 17.7 Å². The summed E-state index contributed by atoms with van der Waals surface area (Å²) < 4.78 is 11.1. The highest BCUT2D eigenvalue weighted by atomic mass is 16.7. The van der Waals surface area contributed by atoms with Crippen molar-refractivity contribution >= 4 is 11.9 Å². The highest BCUT2D eigenvalue weighted by Gasteiger charge is 2.34. The molecule has 0 N–H and O–H groups in total. The molecule has 0 atom stereocenters. The zero-order valence-electron chi connectivity index (χ0n) is 24.8. The van der Waals surface area contributed by atoms with Crippen molar-refractivity contribution in [3.8, 4) is 17.6 Å². The lowest BCUT2D eigenvalue weighted by atomic mass is 10.1. The van der Waals surface area contributed by atoms with E-state index < -0.39 is 11.8 Å². The molecule has 1 aliphatic heterocycles. The number of aryl methyl sites for hydroxylation is 1. The van der Waals surface area contributed by atoms with E-state index in [1.807, 2.05) is 29.2 Å². The maximum atomic E-state index is 13.7. The molecule has 4 rings (SSSR count). The molecule has 5 nitrogen and oxygen atoms in total. The smallest absolute Gasteiger partial charge is 0.345 e. The fraction of sp³-hybridized carbons (Fsp3) is 0.389. The monoisotopic (exact) mass is 551 g/mol. The highest BCUT2D eigenvalue weighted by molar-refractivity contribution is 6.00. The zero-order chi connectivity index (χ0) is 29.2. The first-order valence-electron chi connectivity index (χ1n) is 14.8. The third-order valence-corrected chi connectivity index (χ3v) is 7.16. The number of hydrogen-bond donors (Lipinski definition) is 0. The van der Waals surface area contributed by atoms with E-state index in [1.165, 1.54) is 18.4 Å². The molecular formula is C36H41NO4. The number of esters is 1. The molecule has 0 aromatic heterocycles. The third-order valence-electron chi connectivity index (χ3n) is 7.16. The zero-order valence-corrected chi connectivity index (χ0v) is 24.8. The fourth-order valence-electron chi connectivity index (χ4n) is 4.83. The van der Waals surface area contributed by atoms with Crippen LogP contribution in [0.1, 0.15) is 109 Å². The van der Waals surface area contributed by atoms with Gasteiger partial charge >= 0.3 is 5.97 Å². The summed E-state index contributed by atoms with van der Waals surface area (Å²) in [6.45, 7) is 8.87. The average Bonchev–Trinajstić information content (AvgIpc) is 2.96. The number of fused-ring (bicyclic) bond motifs is 1. The van der Waals surface area contributed by atoms with Crippen molar-refractivity contribution in [1.29, 1.82) is 0 Å². The van der Waals surface area contributed by atoms with Crippen molar-refractivity contribution in [2.75, 3.05) is 6.54 Å². The van der Waals surface area contributed by atoms with Gasteiger partial charge in [0.05, 0.1) is 0 Å². The van der Waals surface area contributed by atoms with Gasteiger partial charge in [-0.25, -0.2) is 4.79 Å². The van der Waals surface area contributed by atoms with Gasteiger partial charge in [-0.2, -0.15) is 0 Å². The van der Waals surface area contributed by atoms with Gasteiger partial charge in [0, 0.05) is 43.6 Å². The second-order valence-corrected chi connectivity index (χ2v) is 11.1. The molecule has 3 aromatic rings. The Hall–Kier alpha value is -4.04. The molecule has 1 amide bonds. The second kappa shape index (κ2) is 14.0. The number of nitrogens with zero attached hydrogens (tertiary/aromatic N) is 1. The largest absolute Gasteiger partial charge is 0.452 e. The molecule has 0 radical (unpaired) electrons. The van der Waals surface area contributed by atoms with Crippen molar-refractivity contribution < 1.29 is 19.1 Å². The summed E-state index contributed by atoms with van der Waals surface area (Å²) >= 11 is 0. The van der Waals surface area contributed by atoms with Gasteiger partial charge < -0.3 is 14.4 Å². The molecule has 1 aliphatic rings. The van der Waals surface area contributed by atoms with Crippen LogP contribution in [0.15, 0.2) is 66.7 Å². The van der Waals surface area contributed by atoms with E-state index in [0.717, 1.165) is 48.8 Å². The number of amides is 1. The number of ether oxygens (including phenoxy) is 2. The Balaban J connectivity index is 1.46. The van der Waals surface area contributed by atoms with Gasteiger partial charge in [0.15, 0.2) is 0 Å². The highest BCUT2D eigenvalue weighted by Crippen LogP contribution is 2.32. The maximum absolute atomic E-state index is 13.7. The van der Waals surface area contributed by atoms with Crippen LogP contribution in [0.3, 0.4) is 0 Å². The minimum absolute atomic E-state index is 0.117. The Kier molecular flexibility index (Phi) is 10.2. The summed E-state index contributed by atoms with van der Waals surface area (Å²) in [5.41, 5.74) is 5.04. The van der Waals surface area contributed by atoms with E-state index in [1.54, 1.807) is 32.0 Å². The van der Waals surface area contributed by atoms with Crippen molar-refractivity contribution in [2.24, 2.45) is 0 Å². The Morgan fingerprint density at radius 3 is 2.05 bits per heavy atom. The lowest BCUT2D eigenvalue weighted by Crippen LogP contribution is -2.39. The molecular weight excluding hydrogens is 510 g/mol. The first-order valence-corrected chi connectivity index (χ1v) is 14.8. The van der Waals surface area contributed by atoms with Crippen LogP contribution in [0.2, 0.25) is 0 Å². The lowest BCUT2D eigenvalue weighted by Gasteiger charge is -2.32. The fourth-order valence-corrected chi connectivity index (χ4v) is 4.83. The van der Waals surface area contributed by atoms with Crippen molar-refractivity contribution in [2.45, 2.75) is 85.0 Å². The molecule has 0 fully saturated rings. The van der Waals surface area contributed by atoms with E-state index >= 15 is 0 Å². The van der Waals surface area contributed by atoms with Gasteiger partial charge in [0.1, 0.15) is 11.3 Å². The molecule has 0 saturated heterocycles. The summed E-state index contributed by atoms with van der Waals surface area (Å²) in [6.07, 6.45) is 7.75. The van der Waals surface area contributed by atoms with Gasteiger partial charge in [-0.3, -0.25) is 4.79 Å². The van der Waals surface area contributed by atoms with Crippen LogP contribution < -0.4 is 4.74 Å². The average molecular weight is 552 g/mol. The van der Waals surface area contributed by atoms with Crippen LogP contribution >= 0.6 is 0 Å². The van der Waals surface area contributed by atoms with Crippen LogP contribution in [0.4, 0.5) is 0 Å². The van der Waals surface area contributed by atoms with Crippen LogP contribution in [0.5, 0.6) is 5.75 Å². The molecule has 1 heterocycles. The molecule has 5 heteroatoms. The van der Waals surface area contributed by atoms with E-state index in [9.17, 15) is 9.59 Å². The Morgan fingerprint density at radius 2 is 1.41 bits per heavy atom. The van der Waals surface area contributed by atoms with Crippen molar-refractivity contribution in [3.05, 3.63) is 100 Å². The Morgan fingerprint density at radius 1 is 0.780 bits per heavy atom. The van der Waals surface area contributed by atoms with Gasteiger partial charge in [-0.05, 0) is 72.9 Å². The summed E-state index contributed by atoms with van der Waals surface area (Å²) in [5.74, 6) is 5.31. The van der Waals surface area contributed by atoms with Crippen molar-refractivity contribution in [1.82, 2.24) is 4.90 Å². The number of unbranched alkanes of at least 4 members (excludes halogenated alkanes) is 4. The third kappa shape index (κ3) is 8.47. The maximum Gasteiger partial charge on any atom is 0.345 e. The summed E-state index contributed by atoms with van der Waals surface area (Å²) in [5, 5.41) is 0. The number of carbonyl (C=O) groups excluding carboxylic acids is 2. The SMILES string of the molecule is CCCCCCN(Cc1ccc(C#Cc2ccc(CCCC)cc2)cc1)C(=O)c1ccc2c(c1)C(=O)OC(C)(C)O2. The minimum atomic E-state index is -1.03. The number of cyclic esters (lactones) is 1. The van der Waals surface area contributed by atoms with E-state index in [0.29, 0.717) is 24.4 Å². The molecule has 3 aromatic carbocycles. The predicted octanol–water partition coefficient (Wildman–Crippen LogP) is 7.94. The molecule has 0 aliphatic carbocycles. The topological polar surface area (TPSA) is 55.8 Å². The lowest BCUT2D eigenvalue weighted by molar-refractivity contribution is -0.127. The van der Waals surface area contributed by atoms with Gasteiger partial charge in [0.2, 0.25) is 5.79 Å². The minimum Gasteiger partial charge on any atom is -0.452 e. The number of rotatable bonds is 11. The van der Waals surface area contributed by atoms with Gasteiger partial charge in [0.25, 0.3) is 5.91 Å². The van der Waals surface area contributed by atoms with E-state index in [-0.39, 0.29) is 11.5 Å². The normalized spacial score (nSPS) is 13.3. The van der Waals surface area contributed by atoms with E-state index in [2.05, 4.69) is 50.0 Å². The summed E-state index contributed by atoms with van der Waals surface area (Å²) in [6, 6.07) is 21.6. The first-order chi connectivity index (χ1) is 19.8. The Bertz CT molecular complexity index is 1390. The number of carbonyl (C=O) groups is 2. The number of hydrogen-bond acceptors (Lipinski definition) is 4. The molecule has 0 bridgehead atoms. The molecule has 0 spiro atoms. The molecule has 0 unspecified atom stereocenters. The first kappa shape index (κ1) is 29.9. The van der Waals surface area contributed by atoms with Crippen LogP contribution in [0, 0.1) is 11.8 Å². The van der Waals surface area contributed by atoms with Crippen molar-refractivity contribution in [3.63, 3.8) is 0 Å². The predicted molar refractivity (Wildman–Crippen MR) is 163 cm³/mol. The van der Waals surface area contributed by atoms with E-state index in [4.69, 9.17) is 9.47 Å². The molecule has 214 valence electrons. The Labute approximate surface area is 244 Å². The van der Waals surface area contributed by atoms with Crippen LogP contribution in [0.25, 0.3) is 0 Å². The van der Waals surface area contributed by atoms with Gasteiger partial charge in [-0.15, -0.1) is 0 Å². The summed E-state index contributed by atoms with van der Waals surface area (Å²) in [7, 11) is 0. The van der Waals surface area contributed by atoms with Crippen LogP contribution in [-0.4, -0.2) is 29.1 Å².